The van der Waals surface area contributed by atoms with Crippen LogP contribution < -0.4 is 0 Å². The molecule has 0 aliphatic carbocycles. The third-order valence-electron chi connectivity index (χ3n) is 9.80. The zero-order chi connectivity index (χ0) is 43.5. The molecular formula is C55H90O5. The van der Waals surface area contributed by atoms with Crippen LogP contribution in [0.2, 0.25) is 0 Å². The highest BCUT2D eigenvalue weighted by Crippen LogP contribution is 2.12. The monoisotopic (exact) mass is 831 g/mol. The summed E-state index contributed by atoms with van der Waals surface area (Å²) in [5, 5.41) is 0. The summed E-state index contributed by atoms with van der Waals surface area (Å²) in [4.78, 5) is 25.3. The van der Waals surface area contributed by atoms with Gasteiger partial charge in [-0.25, -0.2) is 0 Å². The number of hydrogen-bond donors (Lipinski definition) is 0. The molecule has 60 heavy (non-hydrogen) atoms. The molecule has 0 aliphatic heterocycles. The van der Waals surface area contributed by atoms with E-state index < -0.39 is 6.10 Å². The van der Waals surface area contributed by atoms with E-state index in [9.17, 15) is 9.59 Å². The number of hydrogen-bond acceptors (Lipinski definition) is 5. The summed E-state index contributed by atoms with van der Waals surface area (Å²) < 4.78 is 17.3. The molecule has 0 spiro atoms. The number of rotatable bonds is 43. The fourth-order valence-corrected chi connectivity index (χ4v) is 6.24. The van der Waals surface area contributed by atoms with Crippen molar-refractivity contribution in [1.82, 2.24) is 0 Å². The highest BCUT2D eigenvalue weighted by Gasteiger charge is 2.17. The molecule has 0 fully saturated rings. The maximum absolute atomic E-state index is 12.8. The van der Waals surface area contributed by atoms with Gasteiger partial charge in [0.2, 0.25) is 0 Å². The Morgan fingerprint density at radius 1 is 0.383 bits per heavy atom. The van der Waals surface area contributed by atoms with Crippen molar-refractivity contribution in [2.75, 3.05) is 19.8 Å². The van der Waals surface area contributed by atoms with E-state index in [0.29, 0.717) is 19.4 Å². The minimum Gasteiger partial charge on any atom is -0.462 e. The van der Waals surface area contributed by atoms with E-state index >= 15 is 0 Å². The highest BCUT2D eigenvalue weighted by molar-refractivity contribution is 5.70. The Balaban J connectivity index is 4.40. The van der Waals surface area contributed by atoms with Crippen LogP contribution in [0.15, 0.2) is 109 Å². The average Bonchev–Trinajstić information content (AvgIpc) is 3.25. The molecule has 0 aromatic carbocycles. The van der Waals surface area contributed by atoms with Crippen molar-refractivity contribution in [3.05, 3.63) is 109 Å². The summed E-state index contributed by atoms with van der Waals surface area (Å²) in [7, 11) is 0. The minimum atomic E-state index is -0.575. The first-order valence-electron chi connectivity index (χ1n) is 24.4. The predicted molar refractivity (Wildman–Crippen MR) is 260 cm³/mol. The van der Waals surface area contributed by atoms with Gasteiger partial charge in [0.15, 0.2) is 6.10 Å². The molecule has 0 saturated carbocycles. The van der Waals surface area contributed by atoms with Crippen LogP contribution in [0.25, 0.3) is 0 Å². The maximum Gasteiger partial charge on any atom is 0.306 e. The van der Waals surface area contributed by atoms with E-state index in [-0.39, 0.29) is 25.2 Å². The second-order valence-corrected chi connectivity index (χ2v) is 15.6. The van der Waals surface area contributed by atoms with Crippen molar-refractivity contribution in [3.63, 3.8) is 0 Å². The van der Waals surface area contributed by atoms with Gasteiger partial charge in [0.05, 0.1) is 6.61 Å². The van der Waals surface area contributed by atoms with Gasteiger partial charge in [-0.15, -0.1) is 0 Å². The largest absolute Gasteiger partial charge is 0.462 e. The standard InChI is InChI=1S/C55H90O5/c1-4-7-10-13-16-19-22-24-26-28-30-32-34-36-39-42-45-48-54(56)59-52-53(51-58-50-47-44-41-38-21-18-15-12-9-6-3)60-55(57)49-46-43-40-37-35-33-31-29-27-25-23-20-17-14-11-8-5-2/h7-8,10-11,16-17,19-20,24-27,30-33,36,39,53H,4-6,9,12-15,18,21-23,28-29,34-35,37-38,40-52H2,1-3H3/b10-7-,11-8-,19-16-,20-17-,26-24-,27-25-,32-30-,33-31-,39-36-. The van der Waals surface area contributed by atoms with Crippen molar-refractivity contribution >= 4 is 11.9 Å². The number of ether oxygens (including phenoxy) is 3. The second kappa shape index (κ2) is 49.9. The Hall–Kier alpha value is -3.44. The first-order chi connectivity index (χ1) is 29.6. The van der Waals surface area contributed by atoms with E-state index in [2.05, 4.69) is 130 Å². The summed E-state index contributed by atoms with van der Waals surface area (Å²) in [6.07, 6.45) is 68.1. The van der Waals surface area contributed by atoms with Crippen LogP contribution in [0, 0.1) is 0 Å². The summed E-state index contributed by atoms with van der Waals surface area (Å²) >= 11 is 0. The van der Waals surface area contributed by atoms with Gasteiger partial charge in [-0.1, -0.05) is 201 Å². The van der Waals surface area contributed by atoms with Crippen LogP contribution in [-0.4, -0.2) is 37.9 Å². The normalized spacial score (nSPS) is 13.2. The molecule has 0 amide bonds. The molecule has 0 heterocycles. The van der Waals surface area contributed by atoms with Crippen LogP contribution in [0.3, 0.4) is 0 Å². The highest BCUT2D eigenvalue weighted by atomic mass is 16.6. The Kier molecular flexibility index (Phi) is 47.1. The van der Waals surface area contributed by atoms with Gasteiger partial charge in [0.1, 0.15) is 6.61 Å². The summed E-state index contributed by atoms with van der Waals surface area (Å²) in [6, 6.07) is 0. The van der Waals surface area contributed by atoms with Crippen LogP contribution >= 0.6 is 0 Å². The zero-order valence-corrected chi connectivity index (χ0v) is 38.9. The molecular weight excluding hydrogens is 741 g/mol. The predicted octanol–water partition coefficient (Wildman–Crippen LogP) is 16.4. The third kappa shape index (κ3) is 47.2. The molecule has 0 N–H and O–H groups in total. The van der Waals surface area contributed by atoms with Crippen LogP contribution in [0.5, 0.6) is 0 Å². The first-order valence-corrected chi connectivity index (χ1v) is 24.4. The van der Waals surface area contributed by atoms with E-state index in [1.165, 1.54) is 51.4 Å². The molecule has 0 bridgehead atoms. The lowest BCUT2D eigenvalue weighted by Gasteiger charge is -2.18. The van der Waals surface area contributed by atoms with Crippen molar-refractivity contribution < 1.29 is 23.8 Å². The van der Waals surface area contributed by atoms with Gasteiger partial charge in [-0.05, 0) is 96.3 Å². The molecule has 0 aromatic heterocycles. The van der Waals surface area contributed by atoms with Gasteiger partial charge < -0.3 is 14.2 Å². The van der Waals surface area contributed by atoms with Crippen LogP contribution in [0.4, 0.5) is 0 Å². The quantitative estimate of drug-likeness (QED) is 0.0348. The third-order valence-corrected chi connectivity index (χ3v) is 9.80. The molecule has 5 heteroatoms. The maximum atomic E-state index is 12.8. The fourth-order valence-electron chi connectivity index (χ4n) is 6.24. The first kappa shape index (κ1) is 56.6. The lowest BCUT2D eigenvalue weighted by Crippen LogP contribution is -2.30. The average molecular weight is 831 g/mol. The second-order valence-electron chi connectivity index (χ2n) is 15.6. The van der Waals surface area contributed by atoms with Gasteiger partial charge in [-0.3, -0.25) is 9.59 Å². The Morgan fingerprint density at radius 3 is 1.25 bits per heavy atom. The van der Waals surface area contributed by atoms with E-state index in [4.69, 9.17) is 14.2 Å². The lowest BCUT2D eigenvalue weighted by atomic mass is 10.1. The SMILES string of the molecule is CC/C=C\C/C=C\C/C=C\C/C=C\C/C=C\CCCC(=O)OCC(COCCCCCCCCCCCC)OC(=O)CCCCCC/C=C\C/C=C\C/C=C\C/C=C\CC. The topological polar surface area (TPSA) is 61.8 Å². The van der Waals surface area contributed by atoms with E-state index in [0.717, 1.165) is 116 Å². The Morgan fingerprint density at radius 2 is 0.767 bits per heavy atom. The number of esters is 2. The van der Waals surface area contributed by atoms with Gasteiger partial charge >= 0.3 is 11.9 Å². The Labute approximate surface area is 370 Å². The molecule has 0 rings (SSSR count). The molecule has 0 radical (unpaired) electrons. The molecule has 340 valence electrons. The summed E-state index contributed by atoms with van der Waals surface area (Å²) in [6.45, 7) is 7.49. The summed E-state index contributed by atoms with van der Waals surface area (Å²) in [5.41, 5.74) is 0. The van der Waals surface area contributed by atoms with Crippen molar-refractivity contribution in [3.8, 4) is 0 Å². The van der Waals surface area contributed by atoms with Gasteiger partial charge in [-0.2, -0.15) is 0 Å². The van der Waals surface area contributed by atoms with Gasteiger partial charge in [0, 0.05) is 19.4 Å². The molecule has 0 aliphatic rings. The van der Waals surface area contributed by atoms with E-state index in [1.807, 2.05) is 0 Å². The molecule has 0 saturated heterocycles. The van der Waals surface area contributed by atoms with Gasteiger partial charge in [0.25, 0.3) is 0 Å². The number of carbonyl (C=O) groups is 2. The fraction of sp³-hybridized carbons (Fsp3) is 0.636. The lowest BCUT2D eigenvalue weighted by molar-refractivity contribution is -0.163. The molecule has 1 atom stereocenters. The minimum absolute atomic E-state index is 0.0408. The molecule has 0 aromatic rings. The molecule has 5 nitrogen and oxygen atoms in total. The van der Waals surface area contributed by atoms with Crippen molar-refractivity contribution in [2.24, 2.45) is 0 Å². The molecule has 1 unspecified atom stereocenters. The number of carbonyl (C=O) groups excluding carboxylic acids is 2. The number of allylic oxidation sites excluding steroid dienone is 18. The van der Waals surface area contributed by atoms with Crippen molar-refractivity contribution in [2.45, 2.75) is 207 Å². The van der Waals surface area contributed by atoms with Crippen molar-refractivity contribution in [1.29, 1.82) is 0 Å². The smallest absolute Gasteiger partial charge is 0.306 e. The van der Waals surface area contributed by atoms with Crippen LogP contribution in [-0.2, 0) is 23.8 Å². The Bertz CT molecular complexity index is 1210. The summed E-state index contributed by atoms with van der Waals surface area (Å²) in [5.74, 6) is -0.498. The van der Waals surface area contributed by atoms with E-state index in [1.54, 1.807) is 0 Å². The zero-order valence-electron chi connectivity index (χ0n) is 38.9. The van der Waals surface area contributed by atoms with Crippen LogP contribution in [0.1, 0.15) is 201 Å². The number of unbranched alkanes of at least 4 members (excludes halogenated alkanes) is 14.